The van der Waals surface area contributed by atoms with Crippen LogP contribution in [0.25, 0.3) is 0 Å². The normalized spacial score (nSPS) is 18.2. The van der Waals surface area contributed by atoms with Gasteiger partial charge in [0.25, 0.3) is 0 Å². The maximum atomic E-state index is 2.30. The van der Waals surface area contributed by atoms with Crippen LogP contribution >= 0.6 is 8.19 Å². The average Bonchev–Trinajstić information content (AvgIpc) is 2.33. The van der Waals surface area contributed by atoms with Gasteiger partial charge in [0.1, 0.15) is 0 Å². The molecule has 0 saturated carbocycles. The van der Waals surface area contributed by atoms with Crippen molar-refractivity contribution < 1.29 is 0 Å². The summed E-state index contributed by atoms with van der Waals surface area (Å²) in [6, 6.07) is 2.30. The minimum atomic E-state index is 1.35. The molecule has 0 bridgehead atoms. The van der Waals surface area contributed by atoms with Crippen molar-refractivity contribution in [3.8, 4) is 0 Å². The van der Waals surface area contributed by atoms with E-state index in [1.807, 2.05) is 0 Å². The Labute approximate surface area is 57.4 Å². The minimum absolute atomic E-state index is 1.35. The molecule has 1 heterocycles. The molecule has 0 atom stereocenters. The van der Waals surface area contributed by atoms with Gasteiger partial charge in [-0.1, -0.05) is 24.5 Å². The van der Waals surface area contributed by atoms with Gasteiger partial charge < -0.3 is 8.19 Å². The van der Waals surface area contributed by atoms with E-state index in [-0.39, 0.29) is 0 Å². The fourth-order valence-electron chi connectivity index (χ4n) is 1.46. The van der Waals surface area contributed by atoms with E-state index in [9.17, 15) is 0 Å². The Kier molecular flexibility index (Phi) is 1.35. The molecule has 1 aromatic heterocycles. The van der Waals surface area contributed by atoms with E-state index in [0.717, 1.165) is 0 Å². The molecule has 1 aliphatic rings. The summed E-state index contributed by atoms with van der Waals surface area (Å²) >= 11 is 0. The molecule has 48 valence electrons. The van der Waals surface area contributed by atoms with Gasteiger partial charge in [0.05, 0.1) is 0 Å². The molecule has 0 spiro atoms. The summed E-state index contributed by atoms with van der Waals surface area (Å²) in [5.41, 5.74) is 1.64. The highest BCUT2D eigenvalue weighted by Crippen LogP contribution is 2.28. The first-order chi connectivity index (χ1) is 4.47. The second-order valence-electron chi connectivity index (χ2n) is 2.62. The van der Waals surface area contributed by atoms with Crippen molar-refractivity contribution in [2.24, 2.45) is 0 Å². The van der Waals surface area contributed by atoms with Crippen LogP contribution in [-0.4, -0.2) is 0 Å². The number of aryl methyl sites for hydroxylation is 2. The van der Waals surface area contributed by atoms with Crippen molar-refractivity contribution in [3.63, 3.8) is 0 Å². The molecule has 1 heteroatoms. The standard InChI is InChI=1S/C8H10P/c1-2-4-8-7(3-1)5-6-9-8/h5-6H,1-4H2/q-1. The molecule has 0 fully saturated rings. The lowest BCUT2D eigenvalue weighted by molar-refractivity contribution is 0.697. The highest BCUT2D eigenvalue weighted by atomic mass is 31.0. The topological polar surface area (TPSA) is 0 Å². The van der Waals surface area contributed by atoms with Crippen LogP contribution < -0.4 is 0 Å². The lowest BCUT2D eigenvalue weighted by atomic mass is 10.00. The summed E-state index contributed by atoms with van der Waals surface area (Å²) in [7, 11) is 1.48. The molecule has 0 nitrogen and oxygen atoms in total. The number of fused-ring (bicyclic) bond motifs is 1. The van der Waals surface area contributed by atoms with E-state index >= 15 is 0 Å². The first kappa shape index (κ1) is 5.56. The van der Waals surface area contributed by atoms with E-state index in [2.05, 4.69) is 11.9 Å². The highest BCUT2D eigenvalue weighted by Gasteiger charge is 2.00. The summed E-state index contributed by atoms with van der Waals surface area (Å²) in [6.07, 6.45) is 5.55. The predicted molar refractivity (Wildman–Crippen MR) is 41.2 cm³/mol. The quantitative estimate of drug-likeness (QED) is 0.515. The van der Waals surface area contributed by atoms with Crippen molar-refractivity contribution in [2.75, 3.05) is 0 Å². The SMILES string of the molecule is c1cc2c([p-]1)CCCC2. The third-order valence-corrected chi connectivity index (χ3v) is 3.11. The molecule has 0 aromatic carbocycles. The molecular formula is C8H10P-. The maximum absolute atomic E-state index is 2.30. The van der Waals surface area contributed by atoms with Gasteiger partial charge >= 0.3 is 0 Å². The van der Waals surface area contributed by atoms with Crippen molar-refractivity contribution in [3.05, 3.63) is 22.7 Å². The van der Waals surface area contributed by atoms with Crippen LogP contribution in [0.3, 0.4) is 0 Å². The summed E-state index contributed by atoms with van der Waals surface area (Å²) in [5.74, 6) is 2.27. The van der Waals surface area contributed by atoms with E-state index in [1.54, 1.807) is 10.9 Å². The number of rotatable bonds is 0. The lowest BCUT2D eigenvalue weighted by Gasteiger charge is -2.16. The maximum Gasteiger partial charge on any atom is -0.0303 e. The summed E-state index contributed by atoms with van der Waals surface area (Å²) in [5, 5.41) is 1.70. The summed E-state index contributed by atoms with van der Waals surface area (Å²) in [4.78, 5) is 0. The molecular weight excluding hydrogens is 127 g/mol. The van der Waals surface area contributed by atoms with E-state index < -0.39 is 0 Å². The number of hydrogen-bond donors (Lipinski definition) is 0. The van der Waals surface area contributed by atoms with Crippen LogP contribution in [0.1, 0.15) is 23.7 Å². The van der Waals surface area contributed by atoms with Crippen LogP contribution in [0.2, 0.25) is 0 Å². The Morgan fingerprint density at radius 2 is 2.11 bits per heavy atom. The fourth-order valence-corrected chi connectivity index (χ4v) is 2.53. The second-order valence-corrected chi connectivity index (χ2v) is 3.72. The van der Waals surface area contributed by atoms with Gasteiger partial charge in [-0.25, -0.2) is 11.1 Å². The van der Waals surface area contributed by atoms with Gasteiger partial charge in [-0.3, -0.25) is 0 Å². The molecule has 0 N–H and O–H groups in total. The van der Waals surface area contributed by atoms with Gasteiger partial charge in [-0.15, -0.1) is 0 Å². The lowest BCUT2D eigenvalue weighted by Crippen LogP contribution is -1.96. The van der Waals surface area contributed by atoms with Crippen LogP contribution in [-0.2, 0) is 12.8 Å². The molecule has 1 aliphatic carbocycles. The van der Waals surface area contributed by atoms with Gasteiger partial charge in [0, 0.05) is 0 Å². The molecule has 1 aromatic rings. The Morgan fingerprint density at radius 3 is 3.00 bits per heavy atom. The first-order valence-corrected chi connectivity index (χ1v) is 4.52. The molecule has 0 unspecified atom stereocenters. The molecule has 0 amide bonds. The third kappa shape index (κ3) is 0.923. The van der Waals surface area contributed by atoms with E-state index in [4.69, 9.17) is 0 Å². The average molecular weight is 137 g/mol. The van der Waals surface area contributed by atoms with Crippen molar-refractivity contribution >= 4 is 8.19 Å². The molecule has 0 saturated heterocycles. The monoisotopic (exact) mass is 137 g/mol. The molecule has 9 heavy (non-hydrogen) atoms. The first-order valence-electron chi connectivity index (χ1n) is 3.56. The minimum Gasteiger partial charge on any atom is -0.528 e. The summed E-state index contributed by atoms with van der Waals surface area (Å²) in [6.45, 7) is 0. The Hall–Kier alpha value is -0.220. The smallest absolute Gasteiger partial charge is 0.0303 e. The Morgan fingerprint density at radius 1 is 1.22 bits per heavy atom. The third-order valence-electron chi connectivity index (χ3n) is 1.99. The van der Waals surface area contributed by atoms with E-state index in [1.165, 1.54) is 33.9 Å². The van der Waals surface area contributed by atoms with Gasteiger partial charge in [-0.2, -0.15) is 0 Å². The fraction of sp³-hybridized carbons (Fsp3) is 0.500. The molecule has 0 radical (unpaired) electrons. The zero-order valence-corrected chi connectivity index (χ0v) is 6.32. The van der Waals surface area contributed by atoms with Gasteiger partial charge in [0.2, 0.25) is 0 Å². The summed E-state index contributed by atoms with van der Waals surface area (Å²) < 4.78 is 0. The van der Waals surface area contributed by atoms with Crippen LogP contribution in [0.15, 0.2) is 11.9 Å². The van der Waals surface area contributed by atoms with E-state index in [0.29, 0.717) is 0 Å². The Bertz CT molecular complexity index is 180. The molecule has 2 rings (SSSR count). The van der Waals surface area contributed by atoms with Crippen molar-refractivity contribution in [2.45, 2.75) is 25.7 Å². The van der Waals surface area contributed by atoms with Crippen molar-refractivity contribution in [1.29, 1.82) is 0 Å². The molecule has 0 aliphatic heterocycles. The second kappa shape index (κ2) is 2.19. The zero-order valence-electron chi connectivity index (χ0n) is 5.43. The largest absolute Gasteiger partial charge is 0.528 e. The van der Waals surface area contributed by atoms with Crippen LogP contribution in [0.5, 0.6) is 0 Å². The Balaban J connectivity index is 2.39. The van der Waals surface area contributed by atoms with Crippen molar-refractivity contribution in [1.82, 2.24) is 0 Å². The van der Waals surface area contributed by atoms with Gasteiger partial charge in [-0.05, 0) is 12.8 Å². The zero-order chi connectivity index (χ0) is 6.10. The van der Waals surface area contributed by atoms with Gasteiger partial charge in [0.15, 0.2) is 0 Å². The number of hydrogen-bond acceptors (Lipinski definition) is 0. The highest BCUT2D eigenvalue weighted by molar-refractivity contribution is 7.30. The van der Waals surface area contributed by atoms with Crippen LogP contribution in [0.4, 0.5) is 0 Å². The predicted octanol–water partition coefficient (Wildman–Crippen LogP) is 2.86. The van der Waals surface area contributed by atoms with Crippen LogP contribution in [0, 0.1) is 0 Å².